The van der Waals surface area contributed by atoms with Crippen molar-refractivity contribution in [1.82, 2.24) is 9.97 Å². The number of rotatable bonds is 0. The predicted molar refractivity (Wildman–Crippen MR) is 48.5 cm³/mol. The van der Waals surface area contributed by atoms with E-state index in [1.54, 1.807) is 6.07 Å². The van der Waals surface area contributed by atoms with Crippen molar-refractivity contribution in [3.8, 4) is 0 Å². The highest BCUT2D eigenvalue weighted by Crippen LogP contribution is 2.23. The van der Waals surface area contributed by atoms with Gasteiger partial charge in [0.25, 0.3) is 0 Å². The van der Waals surface area contributed by atoms with Crippen molar-refractivity contribution < 1.29 is 4.39 Å². The minimum Gasteiger partial charge on any atom is -0.331 e. The Morgan fingerprint density at radius 1 is 1.33 bits per heavy atom. The maximum absolute atomic E-state index is 12.9. The van der Waals surface area contributed by atoms with Crippen molar-refractivity contribution in [2.75, 3.05) is 0 Å². The fourth-order valence-electron chi connectivity index (χ4n) is 1.04. The van der Waals surface area contributed by atoms with Crippen LogP contribution >= 0.6 is 23.8 Å². The molecule has 1 aromatic heterocycles. The minimum absolute atomic E-state index is 0.0693. The first-order valence-corrected chi connectivity index (χ1v) is 4.03. The van der Waals surface area contributed by atoms with Crippen molar-refractivity contribution in [3.05, 3.63) is 27.7 Å². The first-order chi connectivity index (χ1) is 5.68. The van der Waals surface area contributed by atoms with E-state index in [2.05, 4.69) is 9.97 Å². The van der Waals surface area contributed by atoms with E-state index < -0.39 is 5.82 Å². The fraction of sp³-hybridized carbons (Fsp3) is 0. The molecule has 0 atom stereocenters. The Bertz CT molecular complexity index is 488. The maximum atomic E-state index is 12.9. The van der Waals surface area contributed by atoms with Crippen molar-refractivity contribution in [2.45, 2.75) is 0 Å². The molecule has 2 rings (SSSR count). The molecule has 1 heterocycles. The topological polar surface area (TPSA) is 31.6 Å². The van der Waals surface area contributed by atoms with Crippen molar-refractivity contribution in [2.24, 2.45) is 0 Å². The van der Waals surface area contributed by atoms with E-state index >= 15 is 0 Å². The summed E-state index contributed by atoms with van der Waals surface area (Å²) in [6, 6.07) is 2.88. The van der Waals surface area contributed by atoms with Gasteiger partial charge >= 0.3 is 0 Å². The Balaban J connectivity index is 2.99. The molecular weight excluding hydrogens is 199 g/mol. The van der Waals surface area contributed by atoms with Crippen LogP contribution < -0.4 is 0 Å². The molecule has 0 aliphatic rings. The molecular formula is C7H4ClFN2S. The average Bonchev–Trinajstić information content (AvgIpc) is 2.39. The van der Waals surface area contributed by atoms with Crippen LogP contribution in [0.4, 0.5) is 4.39 Å². The van der Waals surface area contributed by atoms with Gasteiger partial charge in [0.15, 0.2) is 4.77 Å². The van der Waals surface area contributed by atoms with E-state index in [0.717, 1.165) is 0 Å². The lowest BCUT2D eigenvalue weighted by Gasteiger charge is -1.93. The molecule has 0 fully saturated rings. The van der Waals surface area contributed by atoms with Gasteiger partial charge in [-0.15, -0.1) is 0 Å². The number of imidazole rings is 1. The van der Waals surface area contributed by atoms with Gasteiger partial charge in [0.2, 0.25) is 0 Å². The Labute approximate surface area is 77.4 Å². The second-order valence-electron chi connectivity index (χ2n) is 2.36. The zero-order chi connectivity index (χ0) is 8.72. The third kappa shape index (κ3) is 1.04. The van der Waals surface area contributed by atoms with Crippen molar-refractivity contribution in [1.29, 1.82) is 0 Å². The van der Waals surface area contributed by atoms with Gasteiger partial charge in [0.1, 0.15) is 10.8 Å². The SMILES string of the molecule is Fc1ccc2[nH]c(=S)[nH]c2c1Cl. The van der Waals surface area contributed by atoms with Crippen LogP contribution in [0, 0.1) is 10.6 Å². The van der Waals surface area contributed by atoms with Gasteiger partial charge in [-0.3, -0.25) is 0 Å². The summed E-state index contributed by atoms with van der Waals surface area (Å²) in [6.45, 7) is 0. The smallest absolute Gasteiger partial charge is 0.175 e. The third-order valence-electron chi connectivity index (χ3n) is 1.58. The number of halogens is 2. The van der Waals surface area contributed by atoms with Gasteiger partial charge in [0, 0.05) is 0 Å². The molecule has 12 heavy (non-hydrogen) atoms. The summed E-state index contributed by atoms with van der Waals surface area (Å²) in [5.74, 6) is -0.450. The van der Waals surface area contributed by atoms with Gasteiger partial charge in [0.05, 0.1) is 11.0 Å². The Morgan fingerprint density at radius 3 is 2.83 bits per heavy atom. The zero-order valence-electron chi connectivity index (χ0n) is 5.82. The van der Waals surface area contributed by atoms with Gasteiger partial charge in [-0.05, 0) is 24.4 Å². The molecule has 0 saturated carbocycles. The first-order valence-electron chi connectivity index (χ1n) is 3.24. The van der Waals surface area contributed by atoms with Crippen LogP contribution in [-0.4, -0.2) is 9.97 Å². The Hall–Kier alpha value is -0.870. The number of fused-ring (bicyclic) bond motifs is 1. The zero-order valence-corrected chi connectivity index (χ0v) is 7.39. The summed E-state index contributed by atoms with van der Waals surface area (Å²) in [5.41, 5.74) is 1.23. The van der Waals surface area contributed by atoms with E-state index in [9.17, 15) is 4.39 Å². The van der Waals surface area contributed by atoms with E-state index in [-0.39, 0.29) is 5.02 Å². The molecule has 0 unspecified atom stereocenters. The molecule has 2 nitrogen and oxygen atoms in total. The quantitative estimate of drug-likeness (QED) is 0.633. The van der Waals surface area contributed by atoms with Gasteiger partial charge < -0.3 is 9.97 Å². The third-order valence-corrected chi connectivity index (χ3v) is 2.16. The number of hydrogen-bond donors (Lipinski definition) is 2. The summed E-state index contributed by atoms with van der Waals surface area (Å²) >= 11 is 10.5. The highest BCUT2D eigenvalue weighted by atomic mass is 35.5. The van der Waals surface area contributed by atoms with E-state index in [4.69, 9.17) is 23.8 Å². The molecule has 0 bridgehead atoms. The summed E-state index contributed by atoms with van der Waals surface area (Å²) < 4.78 is 13.3. The lowest BCUT2D eigenvalue weighted by molar-refractivity contribution is 0.630. The molecule has 2 N–H and O–H groups in total. The van der Waals surface area contributed by atoms with E-state index in [0.29, 0.717) is 15.8 Å². The molecule has 5 heteroatoms. The van der Waals surface area contributed by atoms with Crippen LogP contribution in [0.1, 0.15) is 0 Å². The largest absolute Gasteiger partial charge is 0.331 e. The standard InChI is InChI=1S/C7H4ClFN2S/c8-5-3(9)1-2-4-6(5)11-7(12)10-4/h1-2H,(H2,10,11,12). The van der Waals surface area contributed by atoms with Crippen molar-refractivity contribution >= 4 is 34.9 Å². The highest BCUT2D eigenvalue weighted by molar-refractivity contribution is 7.71. The average molecular weight is 203 g/mol. The predicted octanol–water partition coefficient (Wildman–Crippen LogP) is 3.02. The first kappa shape index (κ1) is 7.76. The summed E-state index contributed by atoms with van der Waals surface area (Å²) in [7, 11) is 0. The van der Waals surface area contributed by atoms with Crippen LogP contribution in [0.15, 0.2) is 12.1 Å². The molecule has 62 valence electrons. The van der Waals surface area contributed by atoms with Crippen LogP contribution in [0.5, 0.6) is 0 Å². The number of hydrogen-bond acceptors (Lipinski definition) is 1. The number of H-pyrrole nitrogens is 2. The monoisotopic (exact) mass is 202 g/mol. The second kappa shape index (κ2) is 2.57. The molecule has 0 saturated heterocycles. The van der Waals surface area contributed by atoms with E-state index in [1.807, 2.05) is 0 Å². The van der Waals surface area contributed by atoms with Crippen LogP contribution in [0.2, 0.25) is 5.02 Å². The molecule has 0 amide bonds. The number of benzene rings is 1. The maximum Gasteiger partial charge on any atom is 0.175 e. The summed E-state index contributed by atoms with van der Waals surface area (Å²) in [4.78, 5) is 5.59. The second-order valence-corrected chi connectivity index (χ2v) is 3.15. The number of nitrogens with one attached hydrogen (secondary N) is 2. The van der Waals surface area contributed by atoms with Crippen LogP contribution in [-0.2, 0) is 0 Å². The van der Waals surface area contributed by atoms with E-state index in [1.165, 1.54) is 6.07 Å². The summed E-state index contributed by atoms with van der Waals surface area (Å²) in [5, 5.41) is 0.0693. The van der Waals surface area contributed by atoms with Crippen molar-refractivity contribution in [3.63, 3.8) is 0 Å². The number of aromatic amines is 2. The minimum atomic E-state index is -0.450. The lowest BCUT2D eigenvalue weighted by Crippen LogP contribution is -1.77. The normalized spacial score (nSPS) is 10.8. The lowest BCUT2D eigenvalue weighted by atomic mass is 10.3. The molecule has 0 radical (unpaired) electrons. The van der Waals surface area contributed by atoms with Crippen LogP contribution in [0.25, 0.3) is 11.0 Å². The molecule has 0 aliphatic heterocycles. The number of aromatic nitrogens is 2. The van der Waals surface area contributed by atoms with Gasteiger partial charge in [-0.1, -0.05) is 11.6 Å². The molecule has 0 spiro atoms. The van der Waals surface area contributed by atoms with Gasteiger partial charge in [-0.25, -0.2) is 4.39 Å². The molecule has 0 aliphatic carbocycles. The molecule has 2 aromatic rings. The van der Waals surface area contributed by atoms with Gasteiger partial charge in [-0.2, -0.15) is 0 Å². The summed E-state index contributed by atoms with van der Waals surface area (Å²) in [6.07, 6.45) is 0. The Kier molecular flexibility index (Phi) is 1.66. The fourth-order valence-corrected chi connectivity index (χ4v) is 1.47. The van der Waals surface area contributed by atoms with Crippen LogP contribution in [0.3, 0.4) is 0 Å². The molecule has 1 aromatic carbocycles. The highest BCUT2D eigenvalue weighted by Gasteiger charge is 2.05. The Morgan fingerprint density at radius 2 is 2.08 bits per heavy atom.